The standard InChI is InChI=1S/C10H8ClNOS/c11-9-2-1-7(5-12)8(3-9)4-10(13)6-14/h1-3,14H,4,6H2. The van der Waals surface area contributed by atoms with E-state index >= 15 is 0 Å². The minimum atomic E-state index is -0.0212. The highest BCUT2D eigenvalue weighted by molar-refractivity contribution is 7.81. The average molecular weight is 226 g/mol. The van der Waals surface area contributed by atoms with Crippen molar-refractivity contribution in [3.05, 3.63) is 34.3 Å². The third-order valence-corrected chi connectivity index (χ3v) is 2.34. The smallest absolute Gasteiger partial charge is 0.146 e. The van der Waals surface area contributed by atoms with Gasteiger partial charge >= 0.3 is 0 Å². The molecule has 1 aromatic carbocycles. The summed E-state index contributed by atoms with van der Waals surface area (Å²) in [4.78, 5) is 11.1. The van der Waals surface area contributed by atoms with Crippen LogP contribution in [-0.2, 0) is 11.2 Å². The van der Waals surface area contributed by atoms with Crippen LogP contribution in [0.2, 0.25) is 5.02 Å². The molecule has 0 aromatic heterocycles. The summed E-state index contributed by atoms with van der Waals surface area (Å²) in [7, 11) is 0. The summed E-state index contributed by atoms with van der Waals surface area (Å²) in [5, 5.41) is 9.30. The van der Waals surface area contributed by atoms with E-state index in [4.69, 9.17) is 16.9 Å². The fourth-order valence-electron chi connectivity index (χ4n) is 1.09. The van der Waals surface area contributed by atoms with Crippen LogP contribution in [0.5, 0.6) is 0 Å². The topological polar surface area (TPSA) is 40.9 Å². The Kier molecular flexibility index (Phi) is 3.99. The number of ketones is 1. The lowest BCUT2D eigenvalue weighted by Gasteiger charge is -2.02. The molecular formula is C10H8ClNOS. The van der Waals surface area contributed by atoms with Gasteiger partial charge < -0.3 is 0 Å². The van der Waals surface area contributed by atoms with Crippen LogP contribution in [0.25, 0.3) is 0 Å². The summed E-state index contributed by atoms with van der Waals surface area (Å²) < 4.78 is 0. The summed E-state index contributed by atoms with van der Waals surface area (Å²) in [6.07, 6.45) is 0.215. The van der Waals surface area contributed by atoms with Gasteiger partial charge in [-0.2, -0.15) is 17.9 Å². The van der Waals surface area contributed by atoms with E-state index in [-0.39, 0.29) is 18.0 Å². The van der Waals surface area contributed by atoms with Crippen LogP contribution >= 0.6 is 24.2 Å². The third kappa shape index (κ3) is 2.76. The molecule has 0 aliphatic rings. The SMILES string of the molecule is N#Cc1ccc(Cl)cc1CC(=O)CS. The van der Waals surface area contributed by atoms with E-state index in [1.54, 1.807) is 18.2 Å². The molecule has 14 heavy (non-hydrogen) atoms. The Bertz CT molecular complexity index is 398. The highest BCUT2D eigenvalue weighted by atomic mass is 35.5. The predicted molar refractivity (Wildman–Crippen MR) is 58.7 cm³/mol. The molecule has 0 heterocycles. The van der Waals surface area contributed by atoms with Crippen LogP contribution in [-0.4, -0.2) is 11.5 Å². The number of rotatable bonds is 3. The Morgan fingerprint density at radius 2 is 2.29 bits per heavy atom. The van der Waals surface area contributed by atoms with Gasteiger partial charge in [0.25, 0.3) is 0 Å². The molecule has 72 valence electrons. The number of carbonyl (C=O) groups is 1. The first kappa shape index (κ1) is 11.1. The van der Waals surface area contributed by atoms with Gasteiger partial charge in [0.1, 0.15) is 5.78 Å². The molecule has 0 aliphatic carbocycles. The van der Waals surface area contributed by atoms with Gasteiger partial charge in [-0.1, -0.05) is 11.6 Å². The molecule has 0 saturated heterocycles. The van der Waals surface area contributed by atoms with Gasteiger partial charge in [0.15, 0.2) is 0 Å². The van der Waals surface area contributed by atoms with Crippen molar-refractivity contribution >= 4 is 30.0 Å². The number of thiol groups is 1. The minimum Gasteiger partial charge on any atom is -0.298 e. The minimum absolute atomic E-state index is 0.0212. The van der Waals surface area contributed by atoms with Gasteiger partial charge in [-0.25, -0.2) is 0 Å². The van der Waals surface area contributed by atoms with Gasteiger partial charge in [-0.3, -0.25) is 4.79 Å². The van der Waals surface area contributed by atoms with Gasteiger partial charge in [0.05, 0.1) is 11.6 Å². The number of benzene rings is 1. The van der Waals surface area contributed by atoms with Crippen molar-refractivity contribution in [1.29, 1.82) is 5.26 Å². The molecule has 0 amide bonds. The zero-order valence-corrected chi connectivity index (χ0v) is 8.98. The average Bonchev–Trinajstić information content (AvgIpc) is 2.18. The molecule has 0 unspecified atom stereocenters. The molecule has 0 radical (unpaired) electrons. The van der Waals surface area contributed by atoms with E-state index in [1.165, 1.54) is 0 Å². The Morgan fingerprint density at radius 1 is 1.57 bits per heavy atom. The first-order valence-electron chi connectivity index (χ1n) is 3.98. The summed E-state index contributed by atoms with van der Waals surface area (Å²) in [5.74, 6) is 0.157. The Labute approximate surface area is 92.9 Å². The van der Waals surface area contributed by atoms with Gasteiger partial charge in [0.2, 0.25) is 0 Å². The predicted octanol–water partition coefficient (Wildman–Crippen LogP) is 2.25. The largest absolute Gasteiger partial charge is 0.298 e. The molecular weight excluding hydrogens is 218 g/mol. The summed E-state index contributed by atoms with van der Waals surface area (Å²) in [6, 6.07) is 6.91. The van der Waals surface area contributed by atoms with E-state index < -0.39 is 0 Å². The van der Waals surface area contributed by atoms with Crippen LogP contribution in [0, 0.1) is 11.3 Å². The number of carbonyl (C=O) groups excluding carboxylic acids is 1. The lowest BCUT2D eigenvalue weighted by atomic mass is 10.0. The first-order valence-corrected chi connectivity index (χ1v) is 4.99. The second kappa shape index (κ2) is 5.04. The molecule has 1 rings (SSSR count). The maximum atomic E-state index is 11.1. The molecule has 0 N–H and O–H groups in total. The van der Waals surface area contributed by atoms with Crippen LogP contribution in [0.1, 0.15) is 11.1 Å². The van der Waals surface area contributed by atoms with Crippen molar-refractivity contribution in [3.8, 4) is 6.07 Å². The highest BCUT2D eigenvalue weighted by Gasteiger charge is 2.07. The third-order valence-electron chi connectivity index (χ3n) is 1.75. The lowest BCUT2D eigenvalue weighted by molar-refractivity contribution is -0.115. The summed E-state index contributed by atoms with van der Waals surface area (Å²) >= 11 is 9.63. The van der Waals surface area contributed by atoms with Crippen molar-refractivity contribution in [2.24, 2.45) is 0 Å². The second-order valence-electron chi connectivity index (χ2n) is 2.79. The number of halogens is 1. The Morgan fingerprint density at radius 3 is 2.86 bits per heavy atom. The van der Waals surface area contributed by atoms with E-state index in [0.717, 1.165) is 0 Å². The Balaban J connectivity index is 3.00. The highest BCUT2D eigenvalue weighted by Crippen LogP contribution is 2.16. The first-order chi connectivity index (χ1) is 6.67. The van der Waals surface area contributed by atoms with Crippen LogP contribution in [0.4, 0.5) is 0 Å². The number of hydrogen-bond acceptors (Lipinski definition) is 3. The summed E-state index contributed by atoms with van der Waals surface area (Å²) in [5.41, 5.74) is 1.16. The van der Waals surface area contributed by atoms with Crippen molar-refractivity contribution in [2.75, 3.05) is 5.75 Å². The number of nitriles is 1. The van der Waals surface area contributed by atoms with E-state index in [1.807, 2.05) is 6.07 Å². The number of hydrogen-bond donors (Lipinski definition) is 1. The molecule has 0 saturated carbocycles. The fourth-order valence-corrected chi connectivity index (χ4v) is 1.39. The molecule has 1 aromatic rings. The molecule has 0 fully saturated rings. The van der Waals surface area contributed by atoms with Crippen molar-refractivity contribution < 1.29 is 4.79 Å². The maximum Gasteiger partial charge on any atom is 0.146 e. The molecule has 0 aliphatic heterocycles. The van der Waals surface area contributed by atoms with Crippen molar-refractivity contribution in [3.63, 3.8) is 0 Å². The fraction of sp³-hybridized carbons (Fsp3) is 0.200. The molecule has 0 spiro atoms. The van der Waals surface area contributed by atoms with E-state index in [2.05, 4.69) is 12.6 Å². The molecule has 0 bridgehead atoms. The summed E-state index contributed by atoms with van der Waals surface area (Å²) in [6.45, 7) is 0. The number of nitrogens with zero attached hydrogens (tertiary/aromatic N) is 1. The van der Waals surface area contributed by atoms with Crippen LogP contribution in [0.3, 0.4) is 0 Å². The van der Waals surface area contributed by atoms with Gasteiger partial charge in [0, 0.05) is 17.2 Å². The van der Waals surface area contributed by atoms with Crippen LogP contribution < -0.4 is 0 Å². The van der Waals surface area contributed by atoms with Gasteiger partial charge in [-0.15, -0.1) is 0 Å². The monoisotopic (exact) mass is 225 g/mol. The van der Waals surface area contributed by atoms with Crippen molar-refractivity contribution in [2.45, 2.75) is 6.42 Å². The van der Waals surface area contributed by atoms with Gasteiger partial charge in [-0.05, 0) is 23.8 Å². The second-order valence-corrected chi connectivity index (χ2v) is 3.54. The zero-order chi connectivity index (χ0) is 10.6. The quantitative estimate of drug-likeness (QED) is 0.802. The van der Waals surface area contributed by atoms with E-state index in [0.29, 0.717) is 16.1 Å². The van der Waals surface area contributed by atoms with E-state index in [9.17, 15) is 4.79 Å². The van der Waals surface area contributed by atoms with Crippen molar-refractivity contribution in [1.82, 2.24) is 0 Å². The zero-order valence-electron chi connectivity index (χ0n) is 7.33. The normalized spacial score (nSPS) is 9.50. The molecule has 0 atom stereocenters. The lowest BCUT2D eigenvalue weighted by Crippen LogP contribution is -2.05. The van der Waals surface area contributed by atoms with Crippen LogP contribution in [0.15, 0.2) is 18.2 Å². The maximum absolute atomic E-state index is 11.1. The molecule has 4 heteroatoms. The Hall–Kier alpha value is -0.980. The molecule has 2 nitrogen and oxygen atoms in total. The number of Topliss-reactive ketones (excluding diaryl/α,β-unsaturated/α-hetero) is 1.